The van der Waals surface area contributed by atoms with E-state index < -0.39 is 26.3 Å². The third kappa shape index (κ3) is 44.5. The summed E-state index contributed by atoms with van der Waals surface area (Å²) < 4.78 is 30.8. The van der Waals surface area contributed by atoms with Gasteiger partial charge in [0.2, 0.25) is 46.6 Å². The van der Waals surface area contributed by atoms with E-state index in [1.807, 2.05) is 20.8 Å². The number of pyridine rings is 7. The van der Waals surface area contributed by atoms with Gasteiger partial charge in [-0.15, -0.1) is 0 Å². The van der Waals surface area contributed by atoms with Crippen LogP contribution in [-0.2, 0) is 57.2 Å². The summed E-state index contributed by atoms with van der Waals surface area (Å²) in [6, 6.07) is 23.2. The molecule has 0 bridgehead atoms. The minimum atomic E-state index is -0.803. The number of likely N-dealkylation sites (tertiary alicyclic amines) is 1. The number of aliphatic hydroxyl groups is 3. The van der Waals surface area contributed by atoms with Crippen molar-refractivity contribution in [3.05, 3.63) is 177 Å². The van der Waals surface area contributed by atoms with Gasteiger partial charge in [-0.05, 0) is 89.9 Å². The second kappa shape index (κ2) is 61.1. The topological polar surface area (TPSA) is 571 Å². The predicted octanol–water partition coefficient (Wildman–Crippen LogP) is 6.62. The molecule has 46 heteroatoms. The number of aromatic nitrogens is 9. The number of esters is 1. The number of carbonyl (C=O) groups excluding carboxylic acids is 4. The fraction of sp³-hybridized carbons (Fsp3) is 0.348. The molecule has 0 spiro atoms. The summed E-state index contributed by atoms with van der Waals surface area (Å²) in [7, 11) is 8.02. The monoisotopic (exact) mass is 1770 g/mol. The van der Waals surface area contributed by atoms with E-state index in [9.17, 15) is 54.3 Å². The van der Waals surface area contributed by atoms with Gasteiger partial charge < -0.3 is 85.7 Å². The van der Waals surface area contributed by atoms with E-state index in [0.29, 0.717) is 69.3 Å². The zero-order valence-corrected chi connectivity index (χ0v) is 69.7. The maximum absolute atomic E-state index is 12.3. The number of hydrogen-bond donors (Lipinski definition) is 8. The van der Waals surface area contributed by atoms with Crippen molar-refractivity contribution in [3.8, 4) is 23.5 Å². The fourth-order valence-corrected chi connectivity index (χ4v) is 8.49. The number of nitrogens with one attached hydrogen (secondary N) is 1. The number of ketones is 1. The molecule has 0 unspecified atom stereocenters. The number of rotatable bonds is 13. The number of aliphatic hydroxyl groups excluding tert-OH is 3. The molecule has 0 aromatic carbocycles. The van der Waals surface area contributed by atoms with Crippen LogP contribution in [0.5, 0.6) is 23.5 Å². The van der Waals surface area contributed by atoms with Gasteiger partial charge in [0, 0.05) is 116 Å². The number of nitrogens with zero attached hydrogens (tertiary/aromatic N) is 14. The number of aldehydes is 1. The molecule has 0 saturated carbocycles. The van der Waals surface area contributed by atoms with Crippen molar-refractivity contribution in [3.63, 3.8) is 0 Å². The smallest absolute Gasteiger partial charge is 1.00 e. The summed E-state index contributed by atoms with van der Waals surface area (Å²) in [5.74, 6) is 0.887. The molecule has 8 aromatic heterocycles. The first-order valence-electron chi connectivity index (χ1n) is 30.8. The minimum Gasteiger partial charge on any atom is -1.00 e. The summed E-state index contributed by atoms with van der Waals surface area (Å²) in [6.07, 6.45) is 4.43. The van der Waals surface area contributed by atoms with Crippen molar-refractivity contribution in [1.82, 2.24) is 54.7 Å². The van der Waals surface area contributed by atoms with Gasteiger partial charge in [-0.2, -0.15) is 15.0 Å². The van der Waals surface area contributed by atoms with Gasteiger partial charge in [-0.3, -0.25) is 54.3 Å². The van der Waals surface area contributed by atoms with Crippen molar-refractivity contribution in [2.45, 2.75) is 79.5 Å². The summed E-state index contributed by atoms with van der Waals surface area (Å²) in [6.45, 7) is 12.3. The Balaban J connectivity index is -0.000000297. The molecular weight excluding hydrogens is 1690 g/mol. The van der Waals surface area contributed by atoms with Crippen LogP contribution in [0.3, 0.4) is 0 Å². The Morgan fingerprint density at radius 2 is 1.10 bits per heavy atom. The average molecular weight is 1780 g/mol. The number of halogens is 5. The molecular formula is C66H90Cl5N19NaO20Pd-. The summed E-state index contributed by atoms with van der Waals surface area (Å²) in [4.78, 5) is 120. The average Bonchev–Trinajstić information content (AvgIpc) is 0.804. The number of hydrogen-bond acceptors (Lipinski definition) is 34. The number of fused-ring (bicyclic) bond motifs is 2. The standard InChI is InChI=1S/C20H29N5O4.C9H8N2O2.C6H7N3O3.C6H9N3O.C5H2Cl2N2O2.C5H3Cl2N.C5H4ClN3O2.C4H6O3.C2H6O.2CH4O.CH4.CH3.Na.Pd.H/c1-20(2,3)29-19(27)22-14-7-9-24(10-8-14)11-12-25-17(26)13-21-15-5-6-16(28-4)23-18(15)25;1-13-9-3-2-7-8(11-9)4-6(12)5-10-7;1-12-5-3-2-4(9(10)11)6(7)8-5;1-10-5-3-2-4(7)6(8)9-5;6-4-2-1-3(9(10)11)5(7)8-4;6-4-2-1-3-5(7)8-4;6-4-2-1-3(9(10)11)5(7)8-4;1-2-7-4(6)3-5;1-2-3;2*1-2;;;;;/h5-6,13-14H,7-12H2,1-4H3,(H,22,27);2-3,5H,4H2,1H3;2-3H,1H3,(H2,7,8);2-3H,7H2,1H3,(H2,8,9);1-2H;1-3H;1-2H,(H2,7,8);3H,2H2,1H3;3H,2H2,1H3;2*2H,1H3;1H4;1H3;;;/q;;;;;;;;;;;;-1;+1;;-1. The molecule has 616 valence electrons. The molecule has 1 fully saturated rings. The predicted molar refractivity (Wildman–Crippen MR) is 420 cm³/mol. The van der Waals surface area contributed by atoms with Gasteiger partial charge in [-0.25, -0.2) is 34.5 Å². The number of piperidine rings is 1. The molecule has 12 N–H and O–H groups in total. The van der Waals surface area contributed by atoms with E-state index in [4.69, 9.17) is 120 Å². The zero-order valence-electron chi connectivity index (χ0n) is 63.4. The van der Waals surface area contributed by atoms with E-state index >= 15 is 0 Å². The normalized spacial score (nSPS) is 10.9. The largest absolute Gasteiger partial charge is 1.00 e. The Kier molecular flexibility index (Phi) is 60.6. The molecule has 1 amide bonds. The Bertz CT molecular complexity index is 4200. The van der Waals surface area contributed by atoms with E-state index in [1.54, 1.807) is 87.2 Å². The fourth-order valence-electron chi connectivity index (χ4n) is 7.55. The first-order valence-corrected chi connectivity index (χ1v) is 32.7. The van der Waals surface area contributed by atoms with Crippen molar-refractivity contribution in [1.29, 1.82) is 0 Å². The van der Waals surface area contributed by atoms with Gasteiger partial charge >= 0.3 is 58.7 Å². The first-order chi connectivity index (χ1) is 51.2. The van der Waals surface area contributed by atoms with E-state index in [1.165, 1.54) is 63.0 Å². The Morgan fingerprint density at radius 3 is 1.54 bits per heavy atom. The van der Waals surface area contributed by atoms with E-state index in [-0.39, 0.29) is 159 Å². The zero-order chi connectivity index (χ0) is 82.2. The number of alkyl carbamates (subject to hydrolysis) is 1. The van der Waals surface area contributed by atoms with Crippen LogP contribution < -0.4 is 82.3 Å². The van der Waals surface area contributed by atoms with Gasteiger partial charge in [0.15, 0.2) is 17.2 Å². The number of nitro groups is 3. The first kappa shape index (κ1) is 111. The third-order valence-electron chi connectivity index (χ3n) is 12.2. The second-order valence-corrected chi connectivity index (χ2v) is 22.6. The molecule has 8 aromatic rings. The molecule has 0 atom stereocenters. The molecule has 0 aliphatic carbocycles. The Labute approximate surface area is 707 Å². The maximum atomic E-state index is 12.3. The molecule has 10 heterocycles. The Hall–Kier alpha value is -9.51. The van der Waals surface area contributed by atoms with Gasteiger partial charge in [0.25, 0.3) is 5.56 Å². The van der Waals surface area contributed by atoms with Crippen molar-refractivity contribution >= 4 is 145 Å². The third-order valence-corrected chi connectivity index (χ3v) is 13.3. The van der Waals surface area contributed by atoms with Gasteiger partial charge in [0.05, 0.1) is 85.7 Å². The van der Waals surface area contributed by atoms with Crippen LogP contribution in [0.2, 0.25) is 25.8 Å². The van der Waals surface area contributed by atoms with Crippen molar-refractivity contribution in [2.75, 3.05) is 98.4 Å². The molecule has 0 radical (unpaired) electrons. The summed E-state index contributed by atoms with van der Waals surface area (Å²) in [5.41, 5.74) is 23.0. The van der Waals surface area contributed by atoms with Crippen molar-refractivity contribution in [2.24, 2.45) is 4.99 Å². The van der Waals surface area contributed by atoms with Crippen LogP contribution in [-0.4, -0.2) is 197 Å². The molecule has 10 rings (SSSR count). The minimum absolute atomic E-state index is 0. The number of carbonyl (C=O) groups is 4. The molecule has 112 heavy (non-hydrogen) atoms. The molecule has 2 aliphatic heterocycles. The number of Topliss-reactive ketones (excluding diaryl/α,β-unsaturated/α-hetero) is 1. The maximum Gasteiger partial charge on any atom is 1.00 e. The van der Waals surface area contributed by atoms with Crippen molar-refractivity contribution < 1.29 is 129 Å². The van der Waals surface area contributed by atoms with Gasteiger partial charge in [-0.1, -0.05) is 71.5 Å². The molecule has 2 aliphatic rings. The molecule has 1 saturated heterocycles. The Morgan fingerprint density at radius 1 is 0.652 bits per heavy atom. The number of methoxy groups -OCH3 is 4. The van der Waals surface area contributed by atoms with Crippen LogP contribution >= 0.6 is 58.0 Å². The number of nitrogen functional groups attached to an aromatic ring is 4. The van der Waals surface area contributed by atoms with E-state index in [2.05, 4.69) is 59.8 Å². The van der Waals surface area contributed by atoms with Crippen LogP contribution in [0.1, 0.15) is 62.0 Å². The number of nitrogens with two attached hydrogens (primary N) is 4. The van der Waals surface area contributed by atoms with Crippen LogP contribution in [0.4, 0.5) is 50.7 Å². The number of aliphatic imine (C=N–C) groups is 1. The van der Waals surface area contributed by atoms with Crippen LogP contribution in [0.25, 0.3) is 11.2 Å². The number of amides is 1. The van der Waals surface area contributed by atoms with Crippen LogP contribution in [0.15, 0.2) is 107 Å². The summed E-state index contributed by atoms with van der Waals surface area (Å²) in [5, 5.41) is 56.1. The SMILES string of the molecule is C.CCO.CCOC(=O)C=O.CO.CO.COc1ccc(N)c(N)n1.COc1ccc([N+](=O)[O-])c(N)n1.COc1ccc2c(n1)CC(=O)C=N2.COc1ccc2ncc(=O)n(CCN3CCC(NC(=O)OC(C)(C)C)CC3)c2n1.Clc1cccc(Cl)n1.Nc1nc(Cl)ccc1[N+](=O)[O-].O=[N+]([O-])c1ccc(Cl)nc1Cl.[CH3-].[H-].[Na+].[Pd]. The number of anilines is 4. The second-order valence-electron chi connectivity index (χ2n) is 20.7. The van der Waals surface area contributed by atoms with Gasteiger partial charge in [0.1, 0.15) is 31.7 Å². The quantitative estimate of drug-likeness (QED) is 0.00878. The van der Waals surface area contributed by atoms with Crippen LogP contribution in [0, 0.1) is 37.8 Å². The summed E-state index contributed by atoms with van der Waals surface area (Å²) >= 11 is 27.1. The number of ether oxygens (including phenoxy) is 6. The molecule has 39 nitrogen and oxygen atoms in total. The van der Waals surface area contributed by atoms with E-state index in [0.717, 1.165) is 52.4 Å².